The molecule has 2 saturated heterocycles. The van der Waals surface area contributed by atoms with Crippen molar-refractivity contribution >= 4 is 5.69 Å². The van der Waals surface area contributed by atoms with Gasteiger partial charge in [-0.2, -0.15) is 0 Å². The van der Waals surface area contributed by atoms with Gasteiger partial charge < -0.3 is 10.0 Å². The Labute approximate surface area is 186 Å². The predicted molar refractivity (Wildman–Crippen MR) is 125 cm³/mol. The number of piperidine rings is 1. The Kier molecular flexibility index (Phi) is 7.95. The van der Waals surface area contributed by atoms with Crippen LogP contribution in [0.25, 0.3) is 0 Å². The second kappa shape index (κ2) is 11.1. The lowest BCUT2D eigenvalue weighted by molar-refractivity contribution is 0.0294. The first-order valence-electron chi connectivity index (χ1n) is 11.9. The number of halogens is 1. The van der Waals surface area contributed by atoms with Gasteiger partial charge in [0.1, 0.15) is 5.82 Å². The third-order valence-corrected chi connectivity index (χ3v) is 7.03. The van der Waals surface area contributed by atoms with Gasteiger partial charge in [-0.1, -0.05) is 42.5 Å². The van der Waals surface area contributed by atoms with Crippen LogP contribution in [0, 0.1) is 5.82 Å². The number of aryl methyl sites for hydroxylation is 1. The number of rotatable bonds is 8. The second-order valence-electron chi connectivity index (χ2n) is 8.96. The molecule has 0 amide bonds. The molecule has 2 heterocycles. The van der Waals surface area contributed by atoms with Crippen molar-refractivity contribution in [2.45, 2.75) is 44.2 Å². The lowest BCUT2D eigenvalue weighted by atomic mass is 9.99. The summed E-state index contributed by atoms with van der Waals surface area (Å²) in [6.45, 7) is 6.38. The highest BCUT2D eigenvalue weighted by atomic mass is 19.1. The molecule has 0 saturated carbocycles. The smallest absolute Gasteiger partial charge is 0.146 e. The van der Waals surface area contributed by atoms with E-state index in [0.717, 1.165) is 77.1 Å². The summed E-state index contributed by atoms with van der Waals surface area (Å²) in [6.07, 6.45) is 5.27. The van der Waals surface area contributed by atoms with Gasteiger partial charge in [0.15, 0.2) is 0 Å². The molecular weight excluding hydrogens is 389 g/mol. The van der Waals surface area contributed by atoms with Crippen LogP contribution >= 0.6 is 0 Å². The summed E-state index contributed by atoms with van der Waals surface area (Å²) in [5.74, 6) is -0.118. The van der Waals surface area contributed by atoms with Crippen LogP contribution in [0.1, 0.15) is 31.2 Å². The standard InChI is InChI=1S/C26H36FN3O/c27-25-10-4-5-11-26(25)29-16-12-23(13-17-29)30-19-18-28(24(21-30)14-20-31)15-6-9-22-7-2-1-3-8-22/h1-5,7-8,10-11,23-24,31H,6,9,12-21H2. The van der Waals surface area contributed by atoms with E-state index < -0.39 is 0 Å². The Bertz CT molecular complexity index is 794. The largest absolute Gasteiger partial charge is 0.396 e. The predicted octanol–water partition coefficient (Wildman–Crippen LogP) is 3.80. The fourth-order valence-electron chi connectivity index (χ4n) is 5.28. The molecular formula is C26H36FN3O. The number of aliphatic hydroxyl groups is 1. The van der Waals surface area contributed by atoms with Gasteiger partial charge in [-0.05, 0) is 56.3 Å². The van der Waals surface area contributed by atoms with Crippen molar-refractivity contribution < 1.29 is 9.50 Å². The molecule has 2 aromatic carbocycles. The molecule has 4 nitrogen and oxygen atoms in total. The summed E-state index contributed by atoms with van der Waals surface area (Å²) in [6, 6.07) is 18.8. The minimum Gasteiger partial charge on any atom is -0.396 e. The highest BCUT2D eigenvalue weighted by Crippen LogP contribution is 2.26. The van der Waals surface area contributed by atoms with E-state index in [1.165, 1.54) is 5.56 Å². The zero-order valence-electron chi connectivity index (χ0n) is 18.5. The number of benzene rings is 2. The van der Waals surface area contributed by atoms with E-state index in [2.05, 4.69) is 45.0 Å². The van der Waals surface area contributed by atoms with E-state index in [-0.39, 0.29) is 12.4 Å². The van der Waals surface area contributed by atoms with Crippen molar-refractivity contribution in [1.82, 2.24) is 9.80 Å². The fraction of sp³-hybridized carbons (Fsp3) is 0.538. The molecule has 0 spiro atoms. The first-order chi connectivity index (χ1) is 15.2. The molecule has 2 aliphatic rings. The molecule has 4 rings (SSSR count). The molecule has 0 radical (unpaired) electrons. The Morgan fingerprint density at radius 1 is 0.903 bits per heavy atom. The third-order valence-electron chi connectivity index (χ3n) is 7.03. The Morgan fingerprint density at radius 3 is 2.39 bits per heavy atom. The van der Waals surface area contributed by atoms with Gasteiger partial charge in [0.25, 0.3) is 0 Å². The average Bonchev–Trinajstić information content (AvgIpc) is 2.81. The van der Waals surface area contributed by atoms with Crippen molar-refractivity contribution in [3.8, 4) is 0 Å². The summed E-state index contributed by atoms with van der Waals surface area (Å²) in [7, 11) is 0. The van der Waals surface area contributed by atoms with E-state index in [1.54, 1.807) is 12.1 Å². The highest BCUT2D eigenvalue weighted by Gasteiger charge is 2.32. The van der Waals surface area contributed by atoms with Crippen LogP contribution in [-0.2, 0) is 6.42 Å². The van der Waals surface area contributed by atoms with Crippen molar-refractivity contribution in [3.05, 3.63) is 66.0 Å². The van der Waals surface area contributed by atoms with Crippen LogP contribution in [-0.4, -0.2) is 72.9 Å². The highest BCUT2D eigenvalue weighted by molar-refractivity contribution is 5.47. The molecule has 0 aliphatic carbocycles. The maximum Gasteiger partial charge on any atom is 0.146 e. The van der Waals surface area contributed by atoms with Gasteiger partial charge in [-0.15, -0.1) is 0 Å². The fourth-order valence-corrected chi connectivity index (χ4v) is 5.28. The number of hydrogen-bond donors (Lipinski definition) is 1. The lowest BCUT2D eigenvalue weighted by Gasteiger charge is -2.47. The van der Waals surface area contributed by atoms with E-state index in [9.17, 15) is 9.50 Å². The van der Waals surface area contributed by atoms with Crippen LogP contribution in [0.2, 0.25) is 0 Å². The zero-order chi connectivity index (χ0) is 21.5. The topological polar surface area (TPSA) is 30.0 Å². The van der Waals surface area contributed by atoms with E-state index in [1.807, 2.05) is 12.1 Å². The van der Waals surface area contributed by atoms with Crippen LogP contribution in [0.5, 0.6) is 0 Å². The SMILES string of the molecule is OCCC1CN(C2CCN(c3ccccc3F)CC2)CCN1CCCc1ccccc1. The molecule has 0 bridgehead atoms. The third kappa shape index (κ3) is 5.85. The van der Waals surface area contributed by atoms with Gasteiger partial charge in [-0.25, -0.2) is 4.39 Å². The van der Waals surface area contributed by atoms with Gasteiger partial charge in [0.05, 0.1) is 5.69 Å². The number of aliphatic hydroxyl groups excluding tert-OH is 1. The molecule has 5 heteroatoms. The number of anilines is 1. The lowest BCUT2D eigenvalue weighted by Crippen LogP contribution is -2.57. The molecule has 0 aromatic heterocycles. The van der Waals surface area contributed by atoms with E-state index >= 15 is 0 Å². The molecule has 168 valence electrons. The van der Waals surface area contributed by atoms with Gasteiger partial charge in [0, 0.05) is 51.4 Å². The molecule has 1 atom stereocenters. The minimum absolute atomic E-state index is 0.118. The Hall–Kier alpha value is -1.95. The average molecular weight is 426 g/mol. The van der Waals surface area contributed by atoms with Crippen molar-refractivity contribution in [2.75, 3.05) is 50.8 Å². The molecule has 2 fully saturated rings. The number of piperazine rings is 1. The summed E-state index contributed by atoms with van der Waals surface area (Å²) in [5, 5.41) is 9.64. The molecule has 2 aliphatic heterocycles. The van der Waals surface area contributed by atoms with Crippen molar-refractivity contribution in [3.63, 3.8) is 0 Å². The quantitative estimate of drug-likeness (QED) is 0.697. The summed E-state index contributed by atoms with van der Waals surface area (Å²) < 4.78 is 14.1. The summed E-state index contributed by atoms with van der Waals surface area (Å²) in [5.41, 5.74) is 2.14. The molecule has 1 N–H and O–H groups in total. The van der Waals surface area contributed by atoms with Crippen molar-refractivity contribution in [1.29, 1.82) is 0 Å². The van der Waals surface area contributed by atoms with Crippen molar-refractivity contribution in [2.24, 2.45) is 0 Å². The van der Waals surface area contributed by atoms with Gasteiger partial charge in [-0.3, -0.25) is 9.80 Å². The van der Waals surface area contributed by atoms with Crippen LogP contribution in [0.15, 0.2) is 54.6 Å². The zero-order valence-corrected chi connectivity index (χ0v) is 18.5. The van der Waals surface area contributed by atoms with Gasteiger partial charge >= 0.3 is 0 Å². The Morgan fingerprint density at radius 2 is 1.65 bits per heavy atom. The number of para-hydroxylation sites is 1. The number of hydrogen-bond acceptors (Lipinski definition) is 4. The normalized spacial score (nSPS) is 21.5. The first kappa shape index (κ1) is 22.3. The summed E-state index contributed by atoms with van der Waals surface area (Å²) >= 11 is 0. The maximum absolute atomic E-state index is 14.1. The van der Waals surface area contributed by atoms with E-state index in [0.29, 0.717) is 12.1 Å². The monoisotopic (exact) mass is 425 g/mol. The van der Waals surface area contributed by atoms with E-state index in [4.69, 9.17) is 0 Å². The second-order valence-corrected chi connectivity index (χ2v) is 8.96. The molecule has 31 heavy (non-hydrogen) atoms. The van der Waals surface area contributed by atoms with Crippen LogP contribution < -0.4 is 4.90 Å². The van der Waals surface area contributed by atoms with Crippen LogP contribution in [0.4, 0.5) is 10.1 Å². The number of nitrogens with zero attached hydrogens (tertiary/aromatic N) is 3. The van der Waals surface area contributed by atoms with Gasteiger partial charge in [0.2, 0.25) is 0 Å². The maximum atomic E-state index is 14.1. The molecule has 2 aromatic rings. The first-order valence-corrected chi connectivity index (χ1v) is 11.9. The molecule has 1 unspecified atom stereocenters. The minimum atomic E-state index is -0.118. The summed E-state index contributed by atoms with van der Waals surface area (Å²) in [4.78, 5) is 7.41. The Balaban J connectivity index is 1.27. The van der Waals surface area contributed by atoms with Crippen LogP contribution in [0.3, 0.4) is 0 Å².